The van der Waals surface area contributed by atoms with Crippen molar-refractivity contribution in [3.63, 3.8) is 0 Å². The molecule has 164 valence electrons. The summed E-state index contributed by atoms with van der Waals surface area (Å²) in [4.78, 5) is 0. The Bertz CT molecular complexity index is 932. The number of rotatable bonds is 11. The molecule has 0 spiro atoms. The number of ether oxygens (including phenoxy) is 3. The number of hydrogen-bond donors (Lipinski definition) is 0. The van der Waals surface area contributed by atoms with Gasteiger partial charge in [0.2, 0.25) is 6.43 Å². The molecule has 3 rings (SSSR count). The zero-order valence-corrected chi connectivity index (χ0v) is 17.3. The van der Waals surface area contributed by atoms with Gasteiger partial charge in [-0.2, -0.15) is 0 Å². The van der Waals surface area contributed by atoms with Crippen molar-refractivity contribution in [1.82, 2.24) is 0 Å². The minimum Gasteiger partial charge on any atom is -0.491 e. The van der Waals surface area contributed by atoms with Crippen LogP contribution in [0.5, 0.6) is 17.2 Å². The number of alkyl halides is 3. The van der Waals surface area contributed by atoms with Crippen LogP contribution < -0.4 is 9.47 Å². The van der Waals surface area contributed by atoms with Gasteiger partial charge in [0, 0.05) is 0 Å². The molecule has 0 aliphatic heterocycles. The number of halogens is 3. The Morgan fingerprint density at radius 2 is 1.55 bits per heavy atom. The highest BCUT2D eigenvalue weighted by Gasteiger charge is 2.37. The Morgan fingerprint density at radius 3 is 2.23 bits per heavy atom. The normalized spacial score (nSPS) is 13.1. The molecule has 0 bridgehead atoms. The molecule has 31 heavy (non-hydrogen) atoms. The molecule has 0 fully saturated rings. The lowest BCUT2D eigenvalue weighted by Gasteiger charge is -2.29. The smallest absolute Gasteiger partial charge is 0.250 e. The van der Waals surface area contributed by atoms with Gasteiger partial charge in [-0.1, -0.05) is 42.5 Å². The lowest BCUT2D eigenvalue weighted by Crippen LogP contribution is -2.36. The van der Waals surface area contributed by atoms with Gasteiger partial charge in [-0.3, -0.25) is 0 Å². The van der Waals surface area contributed by atoms with Gasteiger partial charge in [0.25, 0.3) is 0 Å². The van der Waals surface area contributed by atoms with Crippen LogP contribution in [0.3, 0.4) is 0 Å². The van der Waals surface area contributed by atoms with E-state index in [1.807, 2.05) is 54.6 Å². The van der Waals surface area contributed by atoms with Gasteiger partial charge in [0.05, 0.1) is 18.6 Å². The molecule has 0 N–H and O–H groups in total. The fraction of sp³-hybridized carbons (Fsp3) is 0.280. The first-order valence-electron chi connectivity index (χ1n) is 9.98. The molecule has 0 saturated heterocycles. The Labute approximate surface area is 180 Å². The van der Waals surface area contributed by atoms with Crippen LogP contribution in [0.2, 0.25) is 0 Å². The standard InChI is InChI=1S/C25H25F3O3/c1-25(24(27)28,20-10-12-21(13-11-20)30-15-14-26)18-29-17-19-6-5-9-23(16-19)31-22-7-3-2-4-8-22/h2-13,16,24H,14-15,17-18H2,1H3. The van der Waals surface area contributed by atoms with E-state index in [2.05, 4.69) is 0 Å². The maximum absolute atomic E-state index is 13.9. The molecule has 6 heteroatoms. The Balaban J connectivity index is 1.62. The van der Waals surface area contributed by atoms with Crippen molar-refractivity contribution < 1.29 is 27.4 Å². The van der Waals surface area contributed by atoms with Gasteiger partial charge in [-0.25, -0.2) is 13.2 Å². The van der Waals surface area contributed by atoms with Crippen molar-refractivity contribution in [2.75, 3.05) is 19.9 Å². The quantitative estimate of drug-likeness (QED) is 0.344. The summed E-state index contributed by atoms with van der Waals surface area (Å²) in [6.07, 6.45) is -2.63. The molecule has 0 aliphatic rings. The minimum absolute atomic E-state index is 0.0678. The second-order valence-electron chi connectivity index (χ2n) is 7.34. The van der Waals surface area contributed by atoms with Crippen molar-refractivity contribution >= 4 is 0 Å². The predicted molar refractivity (Wildman–Crippen MR) is 114 cm³/mol. The molecule has 0 radical (unpaired) electrons. The number of para-hydroxylation sites is 1. The third-order valence-electron chi connectivity index (χ3n) is 4.89. The van der Waals surface area contributed by atoms with E-state index in [4.69, 9.17) is 14.2 Å². The van der Waals surface area contributed by atoms with Crippen molar-refractivity contribution in [2.45, 2.75) is 25.4 Å². The molecule has 0 aromatic heterocycles. The zero-order valence-electron chi connectivity index (χ0n) is 17.3. The summed E-state index contributed by atoms with van der Waals surface area (Å²) in [7, 11) is 0. The van der Waals surface area contributed by atoms with Crippen molar-refractivity contribution in [1.29, 1.82) is 0 Å². The molecule has 3 aromatic carbocycles. The summed E-state index contributed by atoms with van der Waals surface area (Å²) in [5, 5.41) is 0. The highest BCUT2D eigenvalue weighted by atomic mass is 19.3. The predicted octanol–water partition coefficient (Wildman–Crippen LogP) is 6.57. The van der Waals surface area contributed by atoms with Crippen LogP contribution in [0, 0.1) is 0 Å². The monoisotopic (exact) mass is 430 g/mol. The van der Waals surface area contributed by atoms with E-state index >= 15 is 0 Å². The van der Waals surface area contributed by atoms with Gasteiger partial charge < -0.3 is 14.2 Å². The Hall–Kier alpha value is -2.99. The Morgan fingerprint density at radius 1 is 0.839 bits per heavy atom. The molecule has 3 aromatic rings. The third-order valence-corrected chi connectivity index (χ3v) is 4.89. The average molecular weight is 430 g/mol. The molecular formula is C25H25F3O3. The van der Waals surface area contributed by atoms with E-state index in [1.165, 1.54) is 6.92 Å². The largest absolute Gasteiger partial charge is 0.491 e. The first-order chi connectivity index (χ1) is 15.0. The second kappa shape index (κ2) is 10.9. The molecule has 0 saturated carbocycles. The highest BCUT2D eigenvalue weighted by molar-refractivity contribution is 5.34. The first-order valence-corrected chi connectivity index (χ1v) is 9.98. The van der Waals surface area contributed by atoms with Gasteiger partial charge in [-0.05, 0) is 54.4 Å². The van der Waals surface area contributed by atoms with Crippen LogP contribution in [0.1, 0.15) is 18.1 Å². The van der Waals surface area contributed by atoms with Gasteiger partial charge in [0.15, 0.2) is 0 Å². The van der Waals surface area contributed by atoms with Crippen LogP contribution in [0.4, 0.5) is 13.2 Å². The van der Waals surface area contributed by atoms with Crippen LogP contribution in [0.25, 0.3) is 0 Å². The summed E-state index contributed by atoms with van der Waals surface area (Å²) < 4.78 is 56.7. The molecule has 3 nitrogen and oxygen atoms in total. The summed E-state index contributed by atoms with van der Waals surface area (Å²) >= 11 is 0. The van der Waals surface area contributed by atoms with Crippen LogP contribution in [-0.4, -0.2) is 26.3 Å². The molecule has 1 unspecified atom stereocenters. The van der Waals surface area contributed by atoms with E-state index in [1.54, 1.807) is 24.3 Å². The summed E-state index contributed by atoms with van der Waals surface area (Å²) in [5.74, 6) is 1.80. The molecule has 0 aliphatic carbocycles. The van der Waals surface area contributed by atoms with Gasteiger partial charge >= 0.3 is 0 Å². The minimum atomic E-state index is -2.63. The lowest BCUT2D eigenvalue weighted by molar-refractivity contribution is -0.0128. The van der Waals surface area contributed by atoms with Crippen molar-refractivity contribution in [3.8, 4) is 17.2 Å². The summed E-state index contributed by atoms with van der Waals surface area (Å²) in [6, 6.07) is 23.0. The Kier molecular flexibility index (Phi) is 7.95. The van der Waals surface area contributed by atoms with Gasteiger partial charge in [-0.15, -0.1) is 0 Å². The van der Waals surface area contributed by atoms with E-state index in [9.17, 15) is 13.2 Å². The van der Waals surface area contributed by atoms with Crippen LogP contribution in [-0.2, 0) is 16.8 Å². The highest BCUT2D eigenvalue weighted by Crippen LogP contribution is 2.33. The van der Waals surface area contributed by atoms with Crippen LogP contribution in [0.15, 0.2) is 78.9 Å². The SMILES string of the molecule is CC(COCc1cccc(Oc2ccccc2)c1)(c1ccc(OCCF)cc1)C(F)F. The molecule has 1 atom stereocenters. The molecular weight excluding hydrogens is 405 g/mol. The van der Waals surface area contributed by atoms with E-state index in [-0.39, 0.29) is 19.8 Å². The van der Waals surface area contributed by atoms with E-state index in [0.29, 0.717) is 22.8 Å². The maximum atomic E-state index is 13.9. The summed E-state index contributed by atoms with van der Waals surface area (Å²) in [6.45, 7) is 0.790. The fourth-order valence-corrected chi connectivity index (χ4v) is 3.06. The number of benzene rings is 3. The first kappa shape index (κ1) is 22.7. The summed E-state index contributed by atoms with van der Waals surface area (Å²) in [5.41, 5.74) is -0.243. The fourth-order valence-electron chi connectivity index (χ4n) is 3.06. The average Bonchev–Trinajstić information content (AvgIpc) is 2.79. The molecule has 0 heterocycles. The van der Waals surface area contributed by atoms with Gasteiger partial charge in [0.1, 0.15) is 30.5 Å². The topological polar surface area (TPSA) is 27.7 Å². The van der Waals surface area contributed by atoms with E-state index < -0.39 is 18.5 Å². The van der Waals surface area contributed by atoms with Crippen molar-refractivity contribution in [3.05, 3.63) is 90.0 Å². The second-order valence-corrected chi connectivity index (χ2v) is 7.34. The van der Waals surface area contributed by atoms with Crippen molar-refractivity contribution in [2.24, 2.45) is 0 Å². The third kappa shape index (κ3) is 6.25. The number of hydrogen-bond acceptors (Lipinski definition) is 3. The molecule has 0 amide bonds. The van der Waals surface area contributed by atoms with E-state index in [0.717, 1.165) is 5.56 Å². The maximum Gasteiger partial charge on any atom is 0.250 e. The lowest BCUT2D eigenvalue weighted by atomic mass is 9.83. The van der Waals surface area contributed by atoms with Crippen LogP contribution >= 0.6 is 0 Å². The zero-order chi connectivity index (χ0) is 22.1.